The van der Waals surface area contributed by atoms with E-state index in [0.29, 0.717) is 0 Å². The van der Waals surface area contributed by atoms with Crippen LogP contribution in [0.1, 0.15) is 47.8 Å². The van der Waals surface area contributed by atoms with Gasteiger partial charge in [0, 0.05) is 0 Å². The molecular weight excluding hydrogens is 240 g/mol. The van der Waals surface area contributed by atoms with Gasteiger partial charge in [0.25, 0.3) is 0 Å². The van der Waals surface area contributed by atoms with Crippen molar-refractivity contribution >= 4 is 11.3 Å². The predicted molar refractivity (Wildman–Crippen MR) is 78.3 cm³/mol. The molecule has 0 aliphatic heterocycles. The summed E-state index contributed by atoms with van der Waals surface area (Å²) >= 11 is 1.65. The largest absolute Gasteiger partial charge is 0.384 e. The highest BCUT2D eigenvalue weighted by molar-refractivity contribution is 7.08. The Kier molecular flexibility index (Phi) is 4.20. The fourth-order valence-electron chi connectivity index (χ4n) is 2.26. The third kappa shape index (κ3) is 2.50. The maximum atomic E-state index is 10.6. The quantitative estimate of drug-likeness (QED) is 0.870. The van der Waals surface area contributed by atoms with Crippen LogP contribution in [-0.4, -0.2) is 5.11 Å². The molecule has 1 aromatic carbocycles. The van der Waals surface area contributed by atoms with Gasteiger partial charge in [-0.05, 0) is 58.3 Å². The molecule has 0 radical (unpaired) electrons. The normalized spacial score (nSPS) is 12.7. The fourth-order valence-corrected chi connectivity index (χ4v) is 3.13. The van der Waals surface area contributed by atoms with Crippen molar-refractivity contribution in [3.63, 3.8) is 0 Å². The first-order chi connectivity index (χ1) is 8.67. The predicted octanol–water partition coefficient (Wildman–Crippen LogP) is 4.26. The zero-order valence-electron chi connectivity index (χ0n) is 11.2. The first-order valence-electron chi connectivity index (χ1n) is 6.49. The summed E-state index contributed by atoms with van der Waals surface area (Å²) < 4.78 is 0. The fraction of sp³-hybridized carbons (Fsp3) is 0.375. The SMILES string of the molecule is CCc1ccc(CC)c(C(O)c2cscc2C)c1. The van der Waals surface area contributed by atoms with Gasteiger partial charge in [0.1, 0.15) is 6.10 Å². The van der Waals surface area contributed by atoms with E-state index in [9.17, 15) is 5.11 Å². The zero-order valence-corrected chi connectivity index (χ0v) is 12.1. The zero-order chi connectivity index (χ0) is 13.1. The van der Waals surface area contributed by atoms with Gasteiger partial charge in [-0.25, -0.2) is 0 Å². The van der Waals surface area contributed by atoms with Crippen molar-refractivity contribution in [1.82, 2.24) is 0 Å². The Hall–Kier alpha value is -1.12. The molecule has 1 heterocycles. The lowest BCUT2D eigenvalue weighted by molar-refractivity contribution is 0.219. The van der Waals surface area contributed by atoms with Crippen molar-refractivity contribution < 1.29 is 5.11 Å². The Labute approximate surface area is 113 Å². The average Bonchev–Trinajstić information content (AvgIpc) is 2.83. The highest BCUT2D eigenvalue weighted by Crippen LogP contribution is 2.30. The van der Waals surface area contributed by atoms with Crippen molar-refractivity contribution in [2.45, 2.75) is 39.7 Å². The van der Waals surface area contributed by atoms with E-state index in [4.69, 9.17) is 0 Å². The third-order valence-corrected chi connectivity index (χ3v) is 4.36. The minimum Gasteiger partial charge on any atom is -0.384 e. The summed E-state index contributed by atoms with van der Waals surface area (Å²) in [6, 6.07) is 6.47. The molecular formula is C16H20OS. The molecule has 0 aliphatic rings. The number of aliphatic hydroxyl groups excluding tert-OH is 1. The number of aryl methyl sites for hydroxylation is 3. The van der Waals surface area contributed by atoms with Crippen LogP contribution in [0, 0.1) is 6.92 Å². The molecule has 1 atom stereocenters. The van der Waals surface area contributed by atoms with E-state index in [1.54, 1.807) is 11.3 Å². The van der Waals surface area contributed by atoms with Crippen molar-refractivity contribution in [3.8, 4) is 0 Å². The van der Waals surface area contributed by atoms with Gasteiger partial charge >= 0.3 is 0 Å². The lowest BCUT2D eigenvalue weighted by atomic mass is 9.93. The van der Waals surface area contributed by atoms with E-state index in [0.717, 1.165) is 24.0 Å². The van der Waals surface area contributed by atoms with Crippen LogP contribution in [0.2, 0.25) is 0 Å². The second kappa shape index (κ2) is 5.68. The van der Waals surface area contributed by atoms with Gasteiger partial charge in [0.15, 0.2) is 0 Å². The first-order valence-corrected chi connectivity index (χ1v) is 7.44. The van der Waals surface area contributed by atoms with Crippen molar-refractivity contribution in [1.29, 1.82) is 0 Å². The summed E-state index contributed by atoms with van der Waals surface area (Å²) in [7, 11) is 0. The van der Waals surface area contributed by atoms with Crippen LogP contribution in [0.3, 0.4) is 0 Å². The summed E-state index contributed by atoms with van der Waals surface area (Å²) in [6.45, 7) is 6.34. The second-order valence-electron chi connectivity index (χ2n) is 4.65. The molecule has 18 heavy (non-hydrogen) atoms. The number of aliphatic hydroxyl groups is 1. The minimum atomic E-state index is -0.488. The van der Waals surface area contributed by atoms with Crippen LogP contribution in [-0.2, 0) is 12.8 Å². The summed E-state index contributed by atoms with van der Waals surface area (Å²) in [5.41, 5.74) is 5.82. The molecule has 0 fully saturated rings. The van der Waals surface area contributed by atoms with Crippen LogP contribution in [0.25, 0.3) is 0 Å². The summed E-state index contributed by atoms with van der Waals surface area (Å²) in [5, 5.41) is 14.7. The van der Waals surface area contributed by atoms with Crippen LogP contribution in [0.5, 0.6) is 0 Å². The number of hydrogen-bond donors (Lipinski definition) is 1. The minimum absolute atomic E-state index is 0.488. The van der Waals surface area contributed by atoms with E-state index in [1.165, 1.54) is 16.7 Å². The van der Waals surface area contributed by atoms with Gasteiger partial charge in [-0.15, -0.1) is 0 Å². The maximum absolute atomic E-state index is 10.6. The smallest absolute Gasteiger partial charge is 0.105 e. The van der Waals surface area contributed by atoms with Crippen molar-refractivity contribution in [2.24, 2.45) is 0 Å². The average molecular weight is 260 g/mol. The van der Waals surface area contributed by atoms with Crippen molar-refractivity contribution in [2.75, 3.05) is 0 Å². The van der Waals surface area contributed by atoms with Gasteiger partial charge in [-0.1, -0.05) is 32.0 Å². The van der Waals surface area contributed by atoms with E-state index in [2.05, 4.69) is 49.7 Å². The summed E-state index contributed by atoms with van der Waals surface area (Å²) in [6.07, 6.45) is 1.48. The molecule has 0 spiro atoms. The van der Waals surface area contributed by atoms with Crippen LogP contribution in [0.4, 0.5) is 0 Å². The topological polar surface area (TPSA) is 20.2 Å². The van der Waals surface area contributed by atoms with Gasteiger partial charge in [0.05, 0.1) is 0 Å². The lowest BCUT2D eigenvalue weighted by Gasteiger charge is -2.16. The summed E-state index contributed by atoms with van der Waals surface area (Å²) in [5.74, 6) is 0. The second-order valence-corrected chi connectivity index (χ2v) is 5.40. The lowest BCUT2D eigenvalue weighted by Crippen LogP contribution is -2.04. The molecule has 2 heteroatoms. The van der Waals surface area contributed by atoms with Gasteiger partial charge in [-0.2, -0.15) is 11.3 Å². The molecule has 96 valence electrons. The highest BCUT2D eigenvalue weighted by atomic mass is 32.1. The molecule has 2 aromatic rings. The highest BCUT2D eigenvalue weighted by Gasteiger charge is 2.16. The molecule has 0 amide bonds. The van der Waals surface area contributed by atoms with Crippen molar-refractivity contribution in [3.05, 3.63) is 56.8 Å². The standard InChI is InChI=1S/C16H20OS/c1-4-12-6-7-13(5-2)14(8-12)16(17)15-10-18-9-11(15)3/h6-10,16-17H,4-5H2,1-3H3. The van der Waals surface area contributed by atoms with Gasteiger partial charge in [-0.3, -0.25) is 0 Å². The number of hydrogen-bond acceptors (Lipinski definition) is 2. The Morgan fingerprint density at radius 1 is 1.11 bits per heavy atom. The molecule has 2 rings (SSSR count). The van der Waals surface area contributed by atoms with Crippen LogP contribution < -0.4 is 0 Å². The van der Waals surface area contributed by atoms with E-state index in [1.807, 2.05) is 0 Å². The monoisotopic (exact) mass is 260 g/mol. The molecule has 1 nitrogen and oxygen atoms in total. The van der Waals surface area contributed by atoms with Crippen LogP contribution >= 0.6 is 11.3 Å². The van der Waals surface area contributed by atoms with E-state index in [-0.39, 0.29) is 0 Å². The molecule has 0 saturated heterocycles. The Morgan fingerprint density at radius 2 is 1.89 bits per heavy atom. The van der Waals surface area contributed by atoms with E-state index >= 15 is 0 Å². The molecule has 0 bridgehead atoms. The van der Waals surface area contributed by atoms with E-state index < -0.39 is 6.10 Å². The Morgan fingerprint density at radius 3 is 2.44 bits per heavy atom. The number of benzene rings is 1. The molecule has 0 saturated carbocycles. The molecule has 1 N–H and O–H groups in total. The third-order valence-electron chi connectivity index (χ3n) is 3.48. The van der Waals surface area contributed by atoms with Gasteiger partial charge < -0.3 is 5.11 Å². The molecule has 1 aromatic heterocycles. The molecule has 0 aliphatic carbocycles. The summed E-state index contributed by atoms with van der Waals surface area (Å²) in [4.78, 5) is 0. The molecule has 1 unspecified atom stereocenters. The maximum Gasteiger partial charge on any atom is 0.105 e. The number of thiophene rings is 1. The number of rotatable bonds is 4. The van der Waals surface area contributed by atoms with Crippen LogP contribution in [0.15, 0.2) is 29.0 Å². The van der Waals surface area contributed by atoms with Gasteiger partial charge in [0.2, 0.25) is 0 Å². The first kappa shape index (κ1) is 13.3. The Bertz CT molecular complexity index is 528. The Balaban J connectivity index is 2.45.